The molecule has 0 spiro atoms. The summed E-state index contributed by atoms with van der Waals surface area (Å²) in [5.41, 5.74) is 1.89. The van der Waals surface area contributed by atoms with Crippen molar-refractivity contribution in [3.8, 4) is 0 Å². The van der Waals surface area contributed by atoms with Crippen LogP contribution in [0.1, 0.15) is 36.0 Å². The number of amides is 1. The van der Waals surface area contributed by atoms with Crippen LogP contribution in [-0.4, -0.2) is 34.4 Å². The lowest BCUT2D eigenvalue weighted by Gasteiger charge is -2.25. The zero-order valence-electron chi connectivity index (χ0n) is 13.9. The van der Waals surface area contributed by atoms with E-state index in [9.17, 15) is 4.79 Å². The second kappa shape index (κ2) is 7.18. The first-order chi connectivity index (χ1) is 11.6. The van der Waals surface area contributed by atoms with Crippen LogP contribution < -0.4 is 5.32 Å². The summed E-state index contributed by atoms with van der Waals surface area (Å²) in [6, 6.07) is 9.40. The number of aryl methyl sites for hydroxylation is 1. The Morgan fingerprint density at radius 2 is 2.08 bits per heavy atom. The van der Waals surface area contributed by atoms with E-state index in [1.165, 1.54) is 0 Å². The zero-order valence-corrected chi connectivity index (χ0v) is 14.7. The van der Waals surface area contributed by atoms with E-state index in [0.29, 0.717) is 17.3 Å². The van der Waals surface area contributed by atoms with Crippen LogP contribution in [0.2, 0.25) is 5.02 Å². The lowest BCUT2D eigenvalue weighted by Crippen LogP contribution is -2.32. The number of carbonyl (C=O) groups is 1. The monoisotopic (exact) mass is 344 g/mol. The summed E-state index contributed by atoms with van der Waals surface area (Å²) in [5.74, 6) is 1.63. The number of aromatic nitrogens is 2. The number of nitrogens with one attached hydrogen (secondary N) is 1. The van der Waals surface area contributed by atoms with Gasteiger partial charge in [0.1, 0.15) is 11.6 Å². The Balaban J connectivity index is 1.78. The quantitative estimate of drug-likeness (QED) is 0.923. The van der Waals surface area contributed by atoms with Crippen molar-refractivity contribution >= 4 is 23.3 Å². The molecule has 1 aromatic carbocycles. The minimum absolute atomic E-state index is 0.0265. The van der Waals surface area contributed by atoms with E-state index in [0.717, 1.165) is 36.5 Å². The smallest absolute Gasteiger partial charge is 0.227 e. The van der Waals surface area contributed by atoms with Crippen LogP contribution >= 0.6 is 11.6 Å². The molecule has 126 valence electrons. The Bertz CT molecular complexity index is 732. The molecule has 1 amide bonds. The molecule has 1 saturated heterocycles. The van der Waals surface area contributed by atoms with Gasteiger partial charge in [-0.2, -0.15) is 0 Å². The maximum Gasteiger partial charge on any atom is 0.227 e. The second-order valence-electron chi connectivity index (χ2n) is 6.02. The summed E-state index contributed by atoms with van der Waals surface area (Å²) in [6.45, 7) is 2.65. The number of rotatable bonds is 4. The van der Waals surface area contributed by atoms with Crippen molar-refractivity contribution in [1.82, 2.24) is 14.9 Å². The highest BCUT2D eigenvalue weighted by Gasteiger charge is 2.31. The average Bonchev–Trinajstić information content (AvgIpc) is 3.06. The normalized spacial score (nSPS) is 17.1. The molecule has 1 N–H and O–H groups in total. The predicted molar refractivity (Wildman–Crippen MR) is 95.2 cm³/mol. The summed E-state index contributed by atoms with van der Waals surface area (Å²) >= 11 is 5.91. The molecule has 1 unspecified atom stereocenters. The third kappa shape index (κ3) is 3.67. The van der Waals surface area contributed by atoms with Gasteiger partial charge in [0.25, 0.3) is 0 Å². The zero-order chi connectivity index (χ0) is 17.1. The second-order valence-corrected chi connectivity index (χ2v) is 6.46. The maximum atomic E-state index is 12.8. The fourth-order valence-electron chi connectivity index (χ4n) is 3.14. The first kappa shape index (κ1) is 16.7. The molecule has 0 radical (unpaired) electrons. The van der Waals surface area contributed by atoms with Crippen LogP contribution in [0.3, 0.4) is 0 Å². The van der Waals surface area contributed by atoms with Gasteiger partial charge in [0.05, 0.1) is 18.2 Å². The van der Waals surface area contributed by atoms with Crippen LogP contribution in [0.15, 0.2) is 30.3 Å². The Kier molecular flexibility index (Phi) is 5.00. The number of hydrogen-bond donors (Lipinski definition) is 1. The van der Waals surface area contributed by atoms with Crippen molar-refractivity contribution in [2.45, 2.75) is 32.2 Å². The van der Waals surface area contributed by atoms with Crippen LogP contribution in [0.25, 0.3) is 0 Å². The summed E-state index contributed by atoms with van der Waals surface area (Å²) in [4.78, 5) is 23.6. The number of anilines is 1. The van der Waals surface area contributed by atoms with Gasteiger partial charge in [-0.1, -0.05) is 23.7 Å². The van der Waals surface area contributed by atoms with E-state index in [-0.39, 0.29) is 11.9 Å². The van der Waals surface area contributed by atoms with Gasteiger partial charge < -0.3 is 10.2 Å². The standard InChI is InChI=1S/C18H21ClN4O/c1-12-21-15(11-17(20-2)22-12)16-4-3-9-23(16)18(24)10-13-5-7-14(19)8-6-13/h5-8,11,16H,3-4,9-10H2,1-2H3,(H,20,21,22). The third-order valence-electron chi connectivity index (χ3n) is 4.30. The summed E-state index contributed by atoms with van der Waals surface area (Å²) in [5, 5.41) is 3.74. The molecule has 0 bridgehead atoms. The lowest BCUT2D eigenvalue weighted by molar-refractivity contribution is -0.131. The maximum absolute atomic E-state index is 12.8. The lowest BCUT2D eigenvalue weighted by atomic mass is 10.1. The van der Waals surface area contributed by atoms with E-state index >= 15 is 0 Å². The number of nitrogens with zero attached hydrogens (tertiary/aromatic N) is 3. The molecule has 6 heteroatoms. The van der Waals surface area contributed by atoms with E-state index in [2.05, 4.69) is 15.3 Å². The molecule has 1 aliphatic heterocycles. The van der Waals surface area contributed by atoms with Crippen molar-refractivity contribution in [2.75, 3.05) is 18.9 Å². The van der Waals surface area contributed by atoms with Gasteiger partial charge in [0, 0.05) is 24.7 Å². The SMILES string of the molecule is CNc1cc(C2CCCN2C(=O)Cc2ccc(Cl)cc2)nc(C)n1. The first-order valence-electron chi connectivity index (χ1n) is 8.14. The highest BCUT2D eigenvalue weighted by molar-refractivity contribution is 6.30. The molecular weight excluding hydrogens is 324 g/mol. The fraction of sp³-hybridized carbons (Fsp3) is 0.389. The van der Waals surface area contributed by atoms with Crippen molar-refractivity contribution in [3.63, 3.8) is 0 Å². The minimum Gasteiger partial charge on any atom is -0.373 e. The fourth-order valence-corrected chi connectivity index (χ4v) is 3.27. The molecule has 0 saturated carbocycles. The van der Waals surface area contributed by atoms with E-state index in [1.54, 1.807) is 0 Å². The summed E-state index contributed by atoms with van der Waals surface area (Å²) in [6.07, 6.45) is 2.32. The number of halogens is 1. The van der Waals surface area contributed by atoms with Crippen molar-refractivity contribution in [1.29, 1.82) is 0 Å². The van der Waals surface area contributed by atoms with Gasteiger partial charge in [-0.3, -0.25) is 4.79 Å². The Morgan fingerprint density at radius 3 is 2.79 bits per heavy atom. The van der Waals surface area contributed by atoms with Gasteiger partial charge >= 0.3 is 0 Å². The molecular formula is C18H21ClN4O. The van der Waals surface area contributed by atoms with Crippen molar-refractivity contribution in [3.05, 3.63) is 52.4 Å². The predicted octanol–water partition coefficient (Wildman–Crippen LogP) is 3.39. The van der Waals surface area contributed by atoms with E-state index < -0.39 is 0 Å². The third-order valence-corrected chi connectivity index (χ3v) is 4.55. The molecule has 1 aromatic heterocycles. The Labute approximate surface area is 147 Å². The minimum atomic E-state index is 0.0265. The molecule has 1 aliphatic rings. The van der Waals surface area contributed by atoms with Gasteiger partial charge in [0.2, 0.25) is 5.91 Å². The number of likely N-dealkylation sites (tertiary alicyclic amines) is 1. The van der Waals surface area contributed by atoms with Crippen LogP contribution in [0.5, 0.6) is 0 Å². The van der Waals surface area contributed by atoms with E-state index in [4.69, 9.17) is 11.6 Å². The van der Waals surface area contributed by atoms with Gasteiger partial charge in [-0.05, 0) is 37.5 Å². The molecule has 24 heavy (non-hydrogen) atoms. The summed E-state index contributed by atoms with van der Waals surface area (Å²) < 4.78 is 0. The largest absolute Gasteiger partial charge is 0.373 e. The molecule has 3 rings (SSSR count). The molecule has 1 fully saturated rings. The molecule has 2 heterocycles. The van der Waals surface area contributed by atoms with Crippen LogP contribution in [0, 0.1) is 6.92 Å². The van der Waals surface area contributed by atoms with Gasteiger partial charge in [-0.15, -0.1) is 0 Å². The van der Waals surface area contributed by atoms with Crippen LogP contribution in [-0.2, 0) is 11.2 Å². The Morgan fingerprint density at radius 1 is 1.33 bits per heavy atom. The Hall–Kier alpha value is -2.14. The van der Waals surface area contributed by atoms with Crippen molar-refractivity contribution in [2.24, 2.45) is 0 Å². The van der Waals surface area contributed by atoms with Gasteiger partial charge in [-0.25, -0.2) is 9.97 Å². The van der Waals surface area contributed by atoms with Crippen molar-refractivity contribution < 1.29 is 4.79 Å². The first-order valence-corrected chi connectivity index (χ1v) is 8.52. The number of benzene rings is 1. The van der Waals surface area contributed by atoms with E-state index in [1.807, 2.05) is 49.2 Å². The molecule has 0 aliphatic carbocycles. The average molecular weight is 345 g/mol. The number of hydrogen-bond acceptors (Lipinski definition) is 4. The number of carbonyl (C=O) groups excluding carboxylic acids is 1. The van der Waals surface area contributed by atoms with Gasteiger partial charge in [0.15, 0.2) is 0 Å². The van der Waals surface area contributed by atoms with Crippen LogP contribution in [0.4, 0.5) is 5.82 Å². The highest BCUT2D eigenvalue weighted by atomic mass is 35.5. The summed E-state index contributed by atoms with van der Waals surface area (Å²) in [7, 11) is 1.84. The highest BCUT2D eigenvalue weighted by Crippen LogP contribution is 2.32. The molecule has 5 nitrogen and oxygen atoms in total. The topological polar surface area (TPSA) is 58.1 Å². The molecule has 2 aromatic rings. The molecule has 1 atom stereocenters.